The minimum absolute atomic E-state index is 0.860. The highest BCUT2D eigenvalue weighted by Gasteiger charge is 2.17. The van der Waals surface area contributed by atoms with Crippen LogP contribution in [0.2, 0.25) is 0 Å². The Bertz CT molecular complexity index is 3240. The Hall–Kier alpha value is -7.94. The lowest BCUT2D eigenvalue weighted by Crippen LogP contribution is -2.09. The second-order valence-corrected chi connectivity index (χ2v) is 15.3. The molecule has 0 N–H and O–H groups in total. The highest BCUT2D eigenvalue weighted by molar-refractivity contribution is 6.08. The van der Waals surface area contributed by atoms with Crippen molar-refractivity contribution in [2.24, 2.45) is 0 Å². The molecule has 0 fully saturated rings. The quantitative estimate of drug-likeness (QED) is 0.143. The summed E-state index contributed by atoms with van der Waals surface area (Å²) in [4.78, 5) is 2.34. The summed E-state index contributed by atoms with van der Waals surface area (Å²) in [5.74, 6) is 0.860. The molecule has 1 aromatic heterocycles. The first-order chi connectivity index (χ1) is 29.7. The standard InChI is InChI=1S/C58H39NO/c1-3-11-40(12-4-1)41-21-29-50(30-22-41)59(51-31-23-42(24-32-51)46-27-36-55-48(37-46)20-19-45-15-7-9-17-53(45)55)52-33-25-43(26-34-52)47-28-35-54(44-13-5-2-6-14-44)56(38-47)58-39-49-16-8-10-18-57(49)60-58/h1-39H. The molecule has 282 valence electrons. The first kappa shape index (κ1) is 35.2. The Morgan fingerprint density at radius 3 is 1.38 bits per heavy atom. The van der Waals surface area contributed by atoms with Gasteiger partial charge < -0.3 is 9.32 Å². The van der Waals surface area contributed by atoms with Gasteiger partial charge in [0.2, 0.25) is 0 Å². The fourth-order valence-corrected chi connectivity index (χ4v) is 8.59. The number of fused-ring (bicyclic) bond motifs is 4. The van der Waals surface area contributed by atoms with E-state index in [4.69, 9.17) is 4.42 Å². The molecule has 0 saturated heterocycles. The van der Waals surface area contributed by atoms with Crippen LogP contribution in [0.25, 0.3) is 88.3 Å². The number of hydrogen-bond donors (Lipinski definition) is 0. The van der Waals surface area contributed by atoms with Gasteiger partial charge in [-0.2, -0.15) is 0 Å². The number of furan rings is 1. The highest BCUT2D eigenvalue weighted by atomic mass is 16.3. The predicted molar refractivity (Wildman–Crippen MR) is 253 cm³/mol. The van der Waals surface area contributed by atoms with Crippen LogP contribution in [-0.4, -0.2) is 0 Å². The van der Waals surface area contributed by atoms with Gasteiger partial charge in [0.25, 0.3) is 0 Å². The third kappa shape index (κ3) is 6.61. The van der Waals surface area contributed by atoms with Crippen LogP contribution in [0.5, 0.6) is 0 Å². The Balaban J connectivity index is 0.963. The van der Waals surface area contributed by atoms with Crippen molar-refractivity contribution in [2.75, 3.05) is 4.90 Å². The van der Waals surface area contributed by atoms with Gasteiger partial charge in [-0.1, -0.05) is 176 Å². The second-order valence-electron chi connectivity index (χ2n) is 15.3. The highest BCUT2D eigenvalue weighted by Crippen LogP contribution is 2.41. The number of hydrogen-bond acceptors (Lipinski definition) is 2. The molecule has 0 aliphatic rings. The Kier molecular flexibility index (Phi) is 8.87. The van der Waals surface area contributed by atoms with Gasteiger partial charge in [-0.05, 0) is 127 Å². The monoisotopic (exact) mass is 765 g/mol. The van der Waals surface area contributed by atoms with Crippen molar-refractivity contribution in [3.8, 4) is 55.8 Å². The average molecular weight is 766 g/mol. The van der Waals surface area contributed by atoms with Gasteiger partial charge in [0.05, 0.1) is 0 Å². The van der Waals surface area contributed by atoms with Gasteiger partial charge in [0.15, 0.2) is 0 Å². The molecule has 1 heterocycles. The maximum absolute atomic E-state index is 6.46. The number of anilines is 3. The predicted octanol–water partition coefficient (Wildman–Crippen LogP) is 16.5. The van der Waals surface area contributed by atoms with Crippen LogP contribution in [-0.2, 0) is 0 Å². The molecular weight excluding hydrogens is 727 g/mol. The molecule has 0 unspecified atom stereocenters. The summed E-state index contributed by atoms with van der Waals surface area (Å²) in [6, 6.07) is 84.8. The molecule has 0 aliphatic carbocycles. The van der Waals surface area contributed by atoms with Crippen molar-refractivity contribution in [3.63, 3.8) is 0 Å². The topological polar surface area (TPSA) is 16.4 Å². The molecular formula is C58H39NO. The van der Waals surface area contributed by atoms with Crippen LogP contribution in [0.1, 0.15) is 0 Å². The van der Waals surface area contributed by atoms with Crippen LogP contribution in [0, 0.1) is 0 Å². The van der Waals surface area contributed by atoms with Crippen LogP contribution in [0.4, 0.5) is 17.1 Å². The van der Waals surface area contributed by atoms with E-state index in [0.29, 0.717) is 0 Å². The van der Waals surface area contributed by atoms with E-state index in [-0.39, 0.29) is 0 Å². The van der Waals surface area contributed by atoms with Gasteiger partial charge in [0.1, 0.15) is 11.3 Å². The third-order valence-electron chi connectivity index (χ3n) is 11.7. The SMILES string of the molecule is c1ccc(-c2ccc(N(c3ccc(-c4ccc(-c5ccccc5)c(-c5cc6ccccc6o5)c4)cc3)c3ccc(-c4ccc5c(ccc6ccccc65)c4)cc3)cc2)cc1. The second kappa shape index (κ2) is 15.1. The van der Waals surface area contributed by atoms with Crippen molar-refractivity contribution in [2.45, 2.75) is 0 Å². The van der Waals surface area contributed by atoms with E-state index in [1.54, 1.807) is 0 Å². The van der Waals surface area contributed by atoms with Crippen molar-refractivity contribution >= 4 is 49.6 Å². The molecule has 0 spiro atoms. The summed E-state index contributed by atoms with van der Waals surface area (Å²) < 4.78 is 6.46. The molecule has 0 atom stereocenters. The number of nitrogens with zero attached hydrogens (tertiary/aromatic N) is 1. The van der Waals surface area contributed by atoms with E-state index in [1.165, 1.54) is 43.8 Å². The zero-order valence-corrected chi connectivity index (χ0v) is 32.9. The van der Waals surface area contributed by atoms with Crippen molar-refractivity contribution in [3.05, 3.63) is 237 Å². The Labute approximate surface area is 349 Å². The summed E-state index contributed by atoms with van der Waals surface area (Å²) in [5.41, 5.74) is 14.5. The van der Waals surface area contributed by atoms with Crippen LogP contribution in [0.15, 0.2) is 241 Å². The summed E-state index contributed by atoms with van der Waals surface area (Å²) in [7, 11) is 0. The van der Waals surface area contributed by atoms with Crippen LogP contribution < -0.4 is 4.90 Å². The van der Waals surface area contributed by atoms with E-state index in [0.717, 1.165) is 61.6 Å². The van der Waals surface area contributed by atoms with Gasteiger partial charge in [0, 0.05) is 28.0 Å². The molecule has 10 aromatic carbocycles. The lowest BCUT2D eigenvalue weighted by Gasteiger charge is -2.26. The summed E-state index contributed by atoms with van der Waals surface area (Å²) in [5, 5.41) is 6.17. The molecule has 2 heteroatoms. The van der Waals surface area contributed by atoms with E-state index in [9.17, 15) is 0 Å². The minimum Gasteiger partial charge on any atom is -0.456 e. The minimum atomic E-state index is 0.860. The lowest BCUT2D eigenvalue weighted by atomic mass is 9.93. The first-order valence-electron chi connectivity index (χ1n) is 20.5. The molecule has 60 heavy (non-hydrogen) atoms. The lowest BCUT2D eigenvalue weighted by molar-refractivity contribution is 0.632. The summed E-state index contributed by atoms with van der Waals surface area (Å²) in [6.45, 7) is 0. The maximum Gasteiger partial charge on any atom is 0.136 e. The van der Waals surface area contributed by atoms with Gasteiger partial charge in [-0.3, -0.25) is 0 Å². The molecule has 0 saturated carbocycles. The largest absolute Gasteiger partial charge is 0.456 e. The molecule has 0 radical (unpaired) electrons. The van der Waals surface area contributed by atoms with Crippen LogP contribution >= 0.6 is 0 Å². The number of para-hydroxylation sites is 1. The molecule has 0 aliphatic heterocycles. The normalized spacial score (nSPS) is 11.3. The van der Waals surface area contributed by atoms with Gasteiger partial charge in [-0.25, -0.2) is 0 Å². The third-order valence-corrected chi connectivity index (χ3v) is 11.7. The first-order valence-corrected chi connectivity index (χ1v) is 20.5. The number of rotatable bonds is 8. The fourth-order valence-electron chi connectivity index (χ4n) is 8.59. The van der Waals surface area contributed by atoms with E-state index in [1.807, 2.05) is 12.1 Å². The van der Waals surface area contributed by atoms with Crippen LogP contribution in [0.3, 0.4) is 0 Å². The van der Waals surface area contributed by atoms with E-state index < -0.39 is 0 Å². The summed E-state index contributed by atoms with van der Waals surface area (Å²) in [6.07, 6.45) is 0. The zero-order valence-electron chi connectivity index (χ0n) is 32.9. The molecule has 2 nitrogen and oxygen atoms in total. The van der Waals surface area contributed by atoms with Crippen molar-refractivity contribution in [1.29, 1.82) is 0 Å². The van der Waals surface area contributed by atoms with Gasteiger partial charge in [-0.15, -0.1) is 0 Å². The van der Waals surface area contributed by atoms with Gasteiger partial charge >= 0.3 is 0 Å². The fraction of sp³-hybridized carbons (Fsp3) is 0. The van der Waals surface area contributed by atoms with E-state index in [2.05, 4.69) is 229 Å². The van der Waals surface area contributed by atoms with Crippen molar-refractivity contribution < 1.29 is 4.42 Å². The Morgan fingerprint density at radius 2 is 0.733 bits per heavy atom. The molecule has 0 amide bonds. The smallest absolute Gasteiger partial charge is 0.136 e. The molecule has 0 bridgehead atoms. The zero-order chi connectivity index (χ0) is 39.8. The molecule has 11 aromatic rings. The van der Waals surface area contributed by atoms with Crippen molar-refractivity contribution in [1.82, 2.24) is 0 Å². The Morgan fingerprint density at radius 1 is 0.267 bits per heavy atom. The summed E-state index contributed by atoms with van der Waals surface area (Å²) >= 11 is 0. The van der Waals surface area contributed by atoms with E-state index >= 15 is 0 Å². The molecule has 11 rings (SSSR count). The average Bonchev–Trinajstić information content (AvgIpc) is 3.77. The maximum atomic E-state index is 6.46. The number of benzene rings is 10.